The number of Topliss-reactive ketones (excluding diaryl/α,β-unsaturated/α-hetero) is 1. The van der Waals surface area contributed by atoms with Crippen LogP contribution in [0.15, 0.2) is 67.3 Å². The van der Waals surface area contributed by atoms with E-state index < -0.39 is 55.1 Å². The molecule has 0 unspecified atom stereocenters. The topological polar surface area (TPSA) is 173 Å². The van der Waals surface area contributed by atoms with Crippen molar-refractivity contribution >= 4 is 53.3 Å². The fourth-order valence-corrected chi connectivity index (χ4v) is 4.47. The first kappa shape index (κ1) is 22.9. The minimum absolute atomic E-state index is 0.117. The van der Waals surface area contributed by atoms with Crippen LogP contribution in [0, 0.1) is 0 Å². The van der Waals surface area contributed by atoms with E-state index in [1.807, 2.05) is 0 Å². The third-order valence-electron chi connectivity index (χ3n) is 4.36. The van der Waals surface area contributed by atoms with Crippen LogP contribution in [-0.2, 0) is 14.9 Å². The summed E-state index contributed by atoms with van der Waals surface area (Å²) in [5.74, 6) is -5.57. The number of hydrogen-bond acceptors (Lipinski definition) is 8. The van der Waals surface area contributed by atoms with E-state index in [1.54, 1.807) is 0 Å². The fourth-order valence-electron chi connectivity index (χ4n) is 2.93. The highest BCUT2D eigenvalue weighted by Crippen LogP contribution is 2.48. The zero-order valence-electron chi connectivity index (χ0n) is 15.0. The standard InChI is InChI=1S/C19H12Br2O9S/c20-10-5-8(14(22)18(26)16(10)24)13(7-3-1-2-4-12(7)31(28,29)30)9-6-11(21)17(25)19(27)15(9)23/h1-6,22,24-27H,(H,28,29,30)/b13-9+. The largest absolute Gasteiger partial charge is 0.504 e. The molecule has 9 nitrogen and oxygen atoms in total. The highest BCUT2D eigenvalue weighted by molar-refractivity contribution is 9.12. The molecule has 2 aromatic rings. The van der Waals surface area contributed by atoms with Gasteiger partial charge in [0, 0.05) is 22.3 Å². The summed E-state index contributed by atoms with van der Waals surface area (Å²) in [4.78, 5) is 12.1. The number of aliphatic hydroxyl groups excluding tert-OH is 2. The van der Waals surface area contributed by atoms with Crippen molar-refractivity contribution in [1.82, 2.24) is 0 Å². The van der Waals surface area contributed by atoms with Crippen molar-refractivity contribution in [1.29, 1.82) is 0 Å². The molecule has 12 heteroatoms. The number of aliphatic hydroxyl groups is 2. The molecule has 1 aliphatic rings. The fraction of sp³-hybridized carbons (Fsp3) is 0. The van der Waals surface area contributed by atoms with Crippen LogP contribution in [0.2, 0.25) is 0 Å². The Bertz CT molecular complexity index is 1340. The Morgan fingerprint density at radius 1 is 0.839 bits per heavy atom. The molecule has 162 valence electrons. The van der Waals surface area contributed by atoms with E-state index in [2.05, 4.69) is 31.9 Å². The molecule has 0 spiro atoms. The smallest absolute Gasteiger partial charge is 0.295 e. The van der Waals surface area contributed by atoms with Crippen LogP contribution in [0.3, 0.4) is 0 Å². The molecule has 2 aromatic carbocycles. The van der Waals surface area contributed by atoms with Gasteiger partial charge in [-0.05, 0) is 50.1 Å². The first-order valence-corrected chi connectivity index (χ1v) is 11.2. The number of allylic oxidation sites excluding steroid dienone is 3. The number of aromatic hydroxyl groups is 3. The normalized spacial score (nSPS) is 16.4. The molecule has 3 rings (SSSR count). The van der Waals surface area contributed by atoms with Gasteiger partial charge in [0.25, 0.3) is 10.1 Å². The molecular formula is C19H12Br2O9S. The van der Waals surface area contributed by atoms with E-state index >= 15 is 0 Å². The van der Waals surface area contributed by atoms with E-state index in [0.29, 0.717) is 0 Å². The maximum atomic E-state index is 12.8. The number of carbonyl (C=O) groups excluding carboxylic acids is 1. The predicted molar refractivity (Wildman–Crippen MR) is 116 cm³/mol. The number of halogens is 2. The molecule has 0 bridgehead atoms. The van der Waals surface area contributed by atoms with Crippen LogP contribution in [0.25, 0.3) is 5.57 Å². The zero-order valence-corrected chi connectivity index (χ0v) is 19.0. The van der Waals surface area contributed by atoms with Crippen molar-refractivity contribution in [2.45, 2.75) is 4.90 Å². The number of benzene rings is 2. The van der Waals surface area contributed by atoms with Gasteiger partial charge < -0.3 is 25.5 Å². The lowest BCUT2D eigenvalue weighted by Crippen LogP contribution is -2.15. The Morgan fingerprint density at radius 3 is 2.06 bits per heavy atom. The minimum atomic E-state index is -4.83. The number of phenols is 3. The Balaban J connectivity index is 2.56. The maximum absolute atomic E-state index is 12.8. The van der Waals surface area contributed by atoms with Gasteiger partial charge in [-0.3, -0.25) is 9.35 Å². The Morgan fingerprint density at radius 2 is 1.45 bits per heavy atom. The monoisotopic (exact) mass is 574 g/mol. The summed E-state index contributed by atoms with van der Waals surface area (Å²) in [5.41, 5.74) is -1.33. The predicted octanol–water partition coefficient (Wildman–Crippen LogP) is 3.80. The molecule has 0 heterocycles. The lowest BCUT2D eigenvalue weighted by molar-refractivity contribution is -0.114. The van der Waals surface area contributed by atoms with Crippen molar-refractivity contribution in [3.05, 3.63) is 73.6 Å². The lowest BCUT2D eigenvalue weighted by Gasteiger charge is -2.20. The Kier molecular flexibility index (Phi) is 5.93. The van der Waals surface area contributed by atoms with Crippen molar-refractivity contribution < 1.29 is 43.3 Å². The van der Waals surface area contributed by atoms with Gasteiger partial charge in [0.2, 0.25) is 17.3 Å². The summed E-state index contributed by atoms with van der Waals surface area (Å²) < 4.78 is 33.4. The molecule has 0 amide bonds. The van der Waals surface area contributed by atoms with E-state index in [4.69, 9.17) is 0 Å². The number of rotatable bonds is 3. The second-order valence-electron chi connectivity index (χ2n) is 6.23. The van der Waals surface area contributed by atoms with Crippen LogP contribution >= 0.6 is 31.9 Å². The van der Waals surface area contributed by atoms with E-state index in [-0.39, 0.29) is 25.7 Å². The molecule has 1 aliphatic carbocycles. The minimum Gasteiger partial charge on any atom is -0.504 e. The Hall–Kier alpha value is -2.80. The second-order valence-corrected chi connectivity index (χ2v) is 9.33. The molecule has 0 saturated heterocycles. The van der Waals surface area contributed by atoms with Gasteiger partial charge >= 0.3 is 0 Å². The molecular weight excluding hydrogens is 564 g/mol. The summed E-state index contributed by atoms with van der Waals surface area (Å²) in [7, 11) is -4.83. The van der Waals surface area contributed by atoms with Gasteiger partial charge in [0.05, 0.1) is 8.96 Å². The van der Waals surface area contributed by atoms with Gasteiger partial charge in [0.15, 0.2) is 17.3 Å². The van der Waals surface area contributed by atoms with E-state index in [9.17, 15) is 43.3 Å². The summed E-state index contributed by atoms with van der Waals surface area (Å²) in [5, 5.41) is 50.3. The summed E-state index contributed by atoms with van der Waals surface area (Å²) in [6, 6.07) is 6.04. The number of hydrogen-bond donors (Lipinski definition) is 6. The zero-order chi connectivity index (χ0) is 23.2. The van der Waals surface area contributed by atoms with Gasteiger partial charge in [-0.2, -0.15) is 8.42 Å². The van der Waals surface area contributed by atoms with Gasteiger partial charge in [0.1, 0.15) is 4.90 Å². The van der Waals surface area contributed by atoms with Crippen LogP contribution < -0.4 is 0 Å². The third-order valence-corrected chi connectivity index (χ3v) is 6.48. The molecule has 6 N–H and O–H groups in total. The quantitative estimate of drug-likeness (QED) is 0.181. The maximum Gasteiger partial charge on any atom is 0.295 e. The first-order chi connectivity index (χ1) is 14.4. The van der Waals surface area contributed by atoms with Gasteiger partial charge in [-0.1, -0.05) is 18.2 Å². The molecule has 31 heavy (non-hydrogen) atoms. The highest BCUT2D eigenvalue weighted by atomic mass is 79.9. The molecule has 0 aromatic heterocycles. The van der Waals surface area contributed by atoms with Gasteiger partial charge in [-0.15, -0.1) is 0 Å². The van der Waals surface area contributed by atoms with Crippen molar-refractivity contribution in [3.8, 4) is 17.2 Å². The summed E-state index contributed by atoms with van der Waals surface area (Å²) >= 11 is 5.95. The molecule has 0 atom stereocenters. The number of carbonyl (C=O) groups is 1. The molecule has 0 radical (unpaired) electrons. The van der Waals surface area contributed by atoms with Crippen molar-refractivity contribution in [2.24, 2.45) is 0 Å². The number of phenolic OH excluding ortho intramolecular Hbond substituents is 3. The summed E-state index contributed by atoms with van der Waals surface area (Å²) in [6.45, 7) is 0. The van der Waals surface area contributed by atoms with Crippen molar-refractivity contribution in [2.75, 3.05) is 0 Å². The van der Waals surface area contributed by atoms with E-state index in [0.717, 1.165) is 18.2 Å². The molecule has 0 saturated carbocycles. The van der Waals surface area contributed by atoms with Crippen LogP contribution in [0.4, 0.5) is 0 Å². The van der Waals surface area contributed by atoms with Crippen LogP contribution in [-0.4, -0.2) is 44.3 Å². The Labute approximate surface area is 191 Å². The van der Waals surface area contributed by atoms with Crippen molar-refractivity contribution in [3.63, 3.8) is 0 Å². The number of ketones is 1. The highest BCUT2D eigenvalue weighted by Gasteiger charge is 2.32. The summed E-state index contributed by atoms with van der Waals surface area (Å²) in [6.07, 6.45) is 1.06. The average molecular weight is 576 g/mol. The third kappa shape index (κ3) is 3.94. The van der Waals surface area contributed by atoms with Gasteiger partial charge in [-0.25, -0.2) is 0 Å². The second kappa shape index (κ2) is 8.04. The molecule has 0 fully saturated rings. The SMILES string of the molecule is O=C1C(O)=C(O)C(Br)=C/C1=C(/c1ccccc1S(=O)(=O)O)c1cc(Br)c(O)c(O)c1O. The molecule has 0 aliphatic heterocycles. The lowest BCUT2D eigenvalue weighted by atomic mass is 9.88. The van der Waals surface area contributed by atoms with E-state index in [1.165, 1.54) is 18.2 Å². The van der Waals surface area contributed by atoms with Crippen LogP contribution in [0.1, 0.15) is 11.1 Å². The van der Waals surface area contributed by atoms with Crippen LogP contribution in [0.5, 0.6) is 17.2 Å². The first-order valence-electron chi connectivity index (χ1n) is 8.15. The average Bonchev–Trinajstić information content (AvgIpc) is 2.72.